The van der Waals surface area contributed by atoms with Crippen molar-refractivity contribution in [1.82, 2.24) is 43.6 Å². The normalized spacial score (nSPS) is 12.0. The van der Waals surface area contributed by atoms with E-state index >= 15 is 0 Å². The maximum absolute atomic E-state index is 6.57. The third kappa shape index (κ3) is 12.5. The molecule has 658 valence electrons. The molecule has 0 aliphatic rings. The number of fused-ring (bicyclic) bond motifs is 27. The Hall–Kier alpha value is -19.0. The van der Waals surface area contributed by atoms with Gasteiger partial charge in [0.2, 0.25) is 0 Å². The van der Waals surface area contributed by atoms with Gasteiger partial charge in [0.15, 0.2) is 34.2 Å². The lowest BCUT2D eigenvalue weighted by Crippen LogP contribution is -1.96. The van der Waals surface area contributed by atoms with Crippen LogP contribution in [0.2, 0.25) is 0 Å². The zero-order chi connectivity index (χ0) is 92.4. The topological polar surface area (TPSA) is 158 Å². The van der Waals surface area contributed by atoms with Crippen LogP contribution in [-0.4, -0.2) is 43.6 Å². The minimum atomic E-state index is 0.625. The summed E-state index contributed by atoms with van der Waals surface area (Å²) in [4.78, 5) is 31.9. The predicted octanol–water partition coefficient (Wildman–Crippen LogP) is 34.3. The van der Waals surface area contributed by atoms with Gasteiger partial charge in [-0.05, 0) is 157 Å². The molecule has 0 radical (unpaired) electrons. The number of furan rings is 5. The van der Waals surface area contributed by atoms with E-state index in [1.165, 1.54) is 31.1 Å². The van der Waals surface area contributed by atoms with Crippen LogP contribution in [0.3, 0.4) is 0 Å². The number of rotatable bonds is 10. The van der Waals surface area contributed by atoms with Crippen LogP contribution in [0, 0.1) is 0 Å². The van der Waals surface area contributed by atoms with E-state index in [9.17, 15) is 0 Å². The average Bonchev–Trinajstić information content (AvgIpc) is 1.57. The number of aromatic nitrogens is 9. The summed E-state index contributed by atoms with van der Waals surface area (Å²) in [5.41, 5.74) is 30.2. The summed E-state index contributed by atoms with van der Waals surface area (Å²) in [6.45, 7) is 0. The lowest BCUT2D eigenvalue weighted by atomic mass is 10.0. The first-order valence-corrected chi connectivity index (χ1v) is 47.9. The summed E-state index contributed by atoms with van der Waals surface area (Å²) in [6.07, 6.45) is 0. The molecule has 141 heavy (non-hydrogen) atoms. The molecule has 0 fully saturated rings. The summed E-state index contributed by atoms with van der Waals surface area (Å²) in [5.74, 6) is 1.95. The second-order valence-electron chi connectivity index (χ2n) is 35.6. The van der Waals surface area contributed by atoms with E-state index in [1.807, 2.05) is 97.1 Å². The van der Waals surface area contributed by atoms with Crippen LogP contribution in [0.25, 0.3) is 292 Å². The molecule has 0 aliphatic heterocycles. The quantitative estimate of drug-likeness (QED) is 0.128. The molecule has 31 aromatic rings. The summed E-state index contributed by atoms with van der Waals surface area (Å²) in [5, 5.41) is 16.4. The van der Waals surface area contributed by atoms with Gasteiger partial charge in [0.1, 0.15) is 72.7 Å². The van der Waals surface area contributed by atoms with Crippen molar-refractivity contribution in [3.63, 3.8) is 0 Å². The lowest BCUT2D eigenvalue weighted by molar-refractivity contribution is 0.663. The highest BCUT2D eigenvalue weighted by molar-refractivity contribution is 7.26. The smallest absolute Gasteiger partial charge is 0.180 e. The van der Waals surface area contributed by atoms with E-state index < -0.39 is 0 Å². The standard InChI is InChI=1S/C46H27N3O2.C40H23N3O2.C40H23N3OS/c1-3-13-28(14-4-1)29-25-26-37-36(27-29)41-34(20-12-22-38(41)49(37)30-15-5-2-6-16-30)46-47-42-33-18-8-10-24-40(33)51-45(42)43(48-46)35-21-11-19-32-31-17-7-9-23-39(31)50-44(32)35;1-2-12-24(13-3-1)43-31-20-7-4-15-27(31)35-29(18-11-21-32(35)43)40-41-36-28-16-6-9-23-34(28)45-39(36)37(42-40)30-19-10-17-26-25-14-5-8-22-33(25)44-38(26)30;1-2-12-24(13-3-1)43-31-20-7-4-15-27(31)35-29(18-11-21-32(35)43)40-41-36-28-16-5-8-22-33(28)44-38(36)37(42-40)30-19-10-17-26-25-14-6-9-23-34(25)45-39(26)30/h1-27H;2*1-23H. The lowest BCUT2D eigenvalue weighted by Gasteiger charge is -2.10. The van der Waals surface area contributed by atoms with Crippen molar-refractivity contribution in [1.29, 1.82) is 0 Å². The van der Waals surface area contributed by atoms with Gasteiger partial charge in [-0.15, -0.1) is 11.3 Å². The van der Waals surface area contributed by atoms with Crippen LogP contribution in [0.5, 0.6) is 0 Å². The number of thiophene rings is 1. The highest BCUT2D eigenvalue weighted by Gasteiger charge is 2.30. The zero-order valence-corrected chi connectivity index (χ0v) is 75.9. The van der Waals surface area contributed by atoms with Crippen LogP contribution in [0.15, 0.2) is 465 Å². The molecule has 14 nitrogen and oxygen atoms in total. The Balaban J connectivity index is 0.000000102. The second-order valence-corrected chi connectivity index (χ2v) is 36.7. The summed E-state index contributed by atoms with van der Waals surface area (Å²) < 4.78 is 42.1. The zero-order valence-electron chi connectivity index (χ0n) is 75.1. The number of hydrogen-bond donors (Lipinski definition) is 0. The maximum Gasteiger partial charge on any atom is 0.180 e. The van der Waals surface area contributed by atoms with Crippen LogP contribution in [-0.2, 0) is 0 Å². The first kappa shape index (κ1) is 79.4. The Morgan fingerprint density at radius 1 is 0.184 bits per heavy atom. The van der Waals surface area contributed by atoms with Gasteiger partial charge in [-0.3, -0.25) is 0 Å². The molecule has 0 N–H and O–H groups in total. The number of para-hydroxylation sites is 12. The molecule has 0 spiro atoms. The predicted molar refractivity (Wildman–Crippen MR) is 576 cm³/mol. The number of nitrogens with zero attached hydrogens (tertiary/aromatic N) is 9. The minimum absolute atomic E-state index is 0.625. The fourth-order valence-electron chi connectivity index (χ4n) is 21.5. The Bertz CT molecular complexity index is 10200. The molecule has 0 bridgehead atoms. The van der Waals surface area contributed by atoms with Crippen LogP contribution in [0.4, 0.5) is 0 Å². The van der Waals surface area contributed by atoms with Crippen molar-refractivity contribution in [3.05, 3.63) is 443 Å². The van der Waals surface area contributed by atoms with Gasteiger partial charge < -0.3 is 35.8 Å². The van der Waals surface area contributed by atoms with E-state index in [0.717, 1.165) is 215 Å². The molecule has 19 aromatic carbocycles. The molecule has 31 rings (SSSR count). The first-order chi connectivity index (χ1) is 70.0. The van der Waals surface area contributed by atoms with Crippen LogP contribution >= 0.6 is 11.3 Å². The summed E-state index contributed by atoms with van der Waals surface area (Å²) >= 11 is 1.80. The van der Waals surface area contributed by atoms with Crippen molar-refractivity contribution in [2.24, 2.45) is 0 Å². The van der Waals surface area contributed by atoms with E-state index in [0.29, 0.717) is 45.6 Å². The van der Waals surface area contributed by atoms with Crippen molar-refractivity contribution >= 4 is 207 Å². The molecule has 15 heteroatoms. The van der Waals surface area contributed by atoms with Crippen molar-refractivity contribution in [3.8, 4) is 96.1 Å². The monoisotopic (exact) mass is 1820 g/mol. The number of hydrogen-bond acceptors (Lipinski definition) is 12. The Labute approximate surface area is 806 Å². The first-order valence-electron chi connectivity index (χ1n) is 47.1. The van der Waals surface area contributed by atoms with E-state index in [4.69, 9.17) is 52.0 Å². The van der Waals surface area contributed by atoms with Crippen LogP contribution < -0.4 is 0 Å². The van der Waals surface area contributed by atoms with Gasteiger partial charge in [-0.2, -0.15) is 0 Å². The molecule has 0 saturated carbocycles. The van der Waals surface area contributed by atoms with Gasteiger partial charge in [-0.25, -0.2) is 29.9 Å². The van der Waals surface area contributed by atoms with Crippen molar-refractivity contribution in [2.45, 2.75) is 0 Å². The minimum Gasteiger partial charge on any atom is -0.455 e. The molecule has 12 heterocycles. The Kier molecular flexibility index (Phi) is 17.9. The fourth-order valence-corrected chi connectivity index (χ4v) is 22.7. The van der Waals surface area contributed by atoms with Gasteiger partial charge >= 0.3 is 0 Å². The SMILES string of the molecule is c1ccc(-c2ccc3c(c2)c2c(-c4nc(-c5cccc6c5oc5ccccc56)c5oc6ccccc6c5n4)cccc2n3-c2ccccc2)cc1.c1ccc(-n2c3ccccc3c3c(-c4nc(-c5cccc6c5oc5ccccc56)c5oc6ccccc6c5n4)cccc32)cc1.c1ccc(-n2c3ccccc3c3c(-c4nc(-c5cccc6c5sc5ccccc56)c5oc6ccccc6c5n4)cccc32)cc1. The van der Waals surface area contributed by atoms with Crippen molar-refractivity contribution < 1.29 is 22.1 Å². The van der Waals surface area contributed by atoms with Gasteiger partial charge in [0.05, 0.1) is 33.1 Å². The average molecular weight is 1830 g/mol. The van der Waals surface area contributed by atoms with Gasteiger partial charge in [0, 0.05) is 141 Å². The highest BCUT2D eigenvalue weighted by Crippen LogP contribution is 2.51. The molecule has 0 aliphatic carbocycles. The third-order valence-corrected chi connectivity index (χ3v) is 28.9. The molecule has 0 unspecified atom stereocenters. The van der Waals surface area contributed by atoms with E-state index in [1.54, 1.807) is 11.3 Å². The Morgan fingerprint density at radius 2 is 0.482 bits per heavy atom. The summed E-state index contributed by atoms with van der Waals surface area (Å²) in [6, 6.07) is 153. The third-order valence-electron chi connectivity index (χ3n) is 27.7. The molecule has 0 saturated heterocycles. The fraction of sp³-hybridized carbons (Fsp3) is 0. The molecular weight excluding hydrogens is 1750 g/mol. The van der Waals surface area contributed by atoms with E-state index in [2.05, 4.69) is 359 Å². The summed E-state index contributed by atoms with van der Waals surface area (Å²) in [7, 11) is 0. The highest BCUT2D eigenvalue weighted by atomic mass is 32.1. The maximum atomic E-state index is 6.57. The van der Waals surface area contributed by atoms with Crippen molar-refractivity contribution in [2.75, 3.05) is 0 Å². The molecular formula is C126H73N9O5S. The van der Waals surface area contributed by atoms with E-state index in [-0.39, 0.29) is 0 Å². The van der Waals surface area contributed by atoms with Crippen LogP contribution in [0.1, 0.15) is 0 Å². The van der Waals surface area contributed by atoms with Gasteiger partial charge in [-0.1, -0.05) is 297 Å². The number of benzene rings is 19. The molecule has 12 aromatic heterocycles. The Morgan fingerprint density at radius 3 is 0.915 bits per heavy atom. The van der Waals surface area contributed by atoms with Gasteiger partial charge in [0.25, 0.3) is 0 Å². The largest absolute Gasteiger partial charge is 0.455 e. The molecule has 0 amide bonds. The molecule has 0 atom stereocenters. The second kappa shape index (κ2) is 31.8.